The summed E-state index contributed by atoms with van der Waals surface area (Å²) in [6, 6.07) is 1.99. The van der Waals surface area contributed by atoms with Gasteiger partial charge in [-0.2, -0.15) is 0 Å². The zero-order valence-corrected chi connectivity index (χ0v) is 9.68. The first-order chi connectivity index (χ1) is 8.49. The predicted octanol–water partition coefficient (Wildman–Crippen LogP) is -0.394. The second-order valence-electron chi connectivity index (χ2n) is 4.43. The lowest BCUT2D eigenvalue weighted by Crippen LogP contribution is -2.38. The van der Waals surface area contributed by atoms with E-state index in [0.29, 0.717) is 25.9 Å². The van der Waals surface area contributed by atoms with Crippen molar-refractivity contribution in [2.75, 3.05) is 18.0 Å². The van der Waals surface area contributed by atoms with E-state index < -0.39 is 24.9 Å². The Balaban J connectivity index is 2.31. The van der Waals surface area contributed by atoms with Crippen LogP contribution in [-0.2, 0) is 0 Å². The van der Waals surface area contributed by atoms with E-state index in [2.05, 4.69) is 0 Å². The Bertz CT molecular complexity index is 437. The summed E-state index contributed by atoms with van der Waals surface area (Å²) in [5.74, 6) is -2.11. The fourth-order valence-corrected chi connectivity index (χ4v) is 2.08. The second kappa shape index (κ2) is 5.21. The van der Waals surface area contributed by atoms with Gasteiger partial charge in [0.05, 0.1) is 11.8 Å². The molecule has 1 heterocycles. The molecule has 1 aliphatic heterocycles. The highest BCUT2D eigenvalue weighted by Crippen LogP contribution is 2.24. The van der Waals surface area contributed by atoms with Gasteiger partial charge in [-0.3, -0.25) is 0 Å². The Morgan fingerprint density at radius 1 is 1.17 bits per heavy atom. The molecule has 0 unspecified atom stereocenters. The summed E-state index contributed by atoms with van der Waals surface area (Å²) in [6.07, 6.45) is 0.542. The Morgan fingerprint density at radius 2 is 1.78 bits per heavy atom. The lowest BCUT2D eigenvalue weighted by molar-refractivity contribution is 0.145. The van der Waals surface area contributed by atoms with Gasteiger partial charge in [-0.1, -0.05) is 0 Å². The van der Waals surface area contributed by atoms with E-state index in [-0.39, 0.29) is 11.2 Å². The Labute approximate surface area is 104 Å². The minimum Gasteiger partial charge on any atom is -0.423 e. The molecule has 0 spiro atoms. The van der Waals surface area contributed by atoms with E-state index in [9.17, 15) is 13.9 Å². The monoisotopic (exact) mass is 257 g/mol. The van der Waals surface area contributed by atoms with Gasteiger partial charge in [0, 0.05) is 13.1 Å². The summed E-state index contributed by atoms with van der Waals surface area (Å²) in [7, 11) is -1.84. The summed E-state index contributed by atoms with van der Waals surface area (Å²) < 4.78 is 27.0. The molecule has 2 rings (SSSR count). The van der Waals surface area contributed by atoms with Gasteiger partial charge < -0.3 is 20.1 Å². The third-order valence-corrected chi connectivity index (χ3v) is 3.13. The topological polar surface area (TPSA) is 63.9 Å². The molecule has 0 aliphatic carbocycles. The molecule has 1 aromatic carbocycles. The van der Waals surface area contributed by atoms with Crippen LogP contribution in [0.5, 0.6) is 0 Å². The average Bonchev–Trinajstić information content (AvgIpc) is 2.33. The lowest BCUT2D eigenvalue weighted by Gasteiger charge is -2.32. The summed E-state index contributed by atoms with van der Waals surface area (Å²) in [5, 5.41) is 27.4. The van der Waals surface area contributed by atoms with E-state index in [1.54, 1.807) is 4.90 Å². The standard InChI is InChI=1S/C11H14BF2NO3/c13-9-5-7(12(17)18)6-10(11(9)14)15-3-1-8(16)2-4-15/h5-6,8,16-18H,1-4H2. The Hall–Kier alpha value is -1.18. The van der Waals surface area contributed by atoms with E-state index in [1.165, 1.54) is 6.07 Å². The highest BCUT2D eigenvalue weighted by molar-refractivity contribution is 6.58. The molecule has 1 aromatic rings. The van der Waals surface area contributed by atoms with Gasteiger partial charge in [0.2, 0.25) is 0 Å². The number of nitrogens with zero attached hydrogens (tertiary/aromatic N) is 1. The number of benzene rings is 1. The van der Waals surface area contributed by atoms with Crippen molar-refractivity contribution < 1.29 is 23.9 Å². The molecular formula is C11H14BF2NO3. The van der Waals surface area contributed by atoms with E-state index >= 15 is 0 Å². The van der Waals surface area contributed by atoms with Gasteiger partial charge in [-0.15, -0.1) is 0 Å². The highest BCUT2D eigenvalue weighted by Gasteiger charge is 2.24. The normalized spacial score (nSPS) is 17.1. The van der Waals surface area contributed by atoms with Crippen molar-refractivity contribution in [2.24, 2.45) is 0 Å². The van der Waals surface area contributed by atoms with Crippen LogP contribution in [0.1, 0.15) is 12.8 Å². The summed E-state index contributed by atoms with van der Waals surface area (Å²) in [4.78, 5) is 1.59. The number of aliphatic hydroxyl groups excluding tert-OH is 1. The minimum absolute atomic E-state index is 0.00463. The molecule has 1 fully saturated rings. The smallest absolute Gasteiger partial charge is 0.423 e. The summed E-state index contributed by atoms with van der Waals surface area (Å²) in [5.41, 5.74) is -0.0833. The number of anilines is 1. The van der Waals surface area contributed by atoms with E-state index in [0.717, 1.165) is 6.07 Å². The van der Waals surface area contributed by atoms with Crippen molar-refractivity contribution in [3.8, 4) is 0 Å². The maximum atomic E-state index is 13.7. The van der Waals surface area contributed by atoms with Crippen molar-refractivity contribution in [1.82, 2.24) is 0 Å². The summed E-state index contributed by atoms with van der Waals surface area (Å²) in [6.45, 7) is 0.811. The van der Waals surface area contributed by atoms with Gasteiger partial charge in [-0.05, 0) is 30.4 Å². The maximum Gasteiger partial charge on any atom is 0.488 e. The molecule has 7 heteroatoms. The number of hydrogen-bond acceptors (Lipinski definition) is 4. The molecule has 1 saturated heterocycles. The molecule has 0 radical (unpaired) electrons. The summed E-state index contributed by atoms with van der Waals surface area (Å²) >= 11 is 0. The van der Waals surface area contributed by atoms with Crippen LogP contribution in [0.25, 0.3) is 0 Å². The third-order valence-electron chi connectivity index (χ3n) is 3.13. The number of rotatable bonds is 2. The number of piperidine rings is 1. The van der Waals surface area contributed by atoms with Crippen LogP contribution < -0.4 is 10.4 Å². The molecule has 0 saturated carbocycles. The quantitative estimate of drug-likeness (QED) is 0.631. The van der Waals surface area contributed by atoms with Gasteiger partial charge in [0.15, 0.2) is 11.6 Å². The van der Waals surface area contributed by atoms with Crippen LogP contribution >= 0.6 is 0 Å². The van der Waals surface area contributed by atoms with Gasteiger partial charge in [-0.25, -0.2) is 8.78 Å². The first-order valence-electron chi connectivity index (χ1n) is 5.77. The van der Waals surface area contributed by atoms with Crippen LogP contribution in [0.15, 0.2) is 12.1 Å². The zero-order chi connectivity index (χ0) is 13.3. The Morgan fingerprint density at radius 3 is 2.33 bits per heavy atom. The Kier molecular flexibility index (Phi) is 3.84. The van der Waals surface area contributed by atoms with Crippen LogP contribution in [-0.4, -0.2) is 41.5 Å². The molecule has 0 aromatic heterocycles. The van der Waals surface area contributed by atoms with Crippen molar-refractivity contribution in [3.63, 3.8) is 0 Å². The molecule has 0 amide bonds. The van der Waals surface area contributed by atoms with Crippen molar-refractivity contribution >= 4 is 18.3 Å². The third kappa shape index (κ3) is 2.63. The molecule has 3 N–H and O–H groups in total. The fourth-order valence-electron chi connectivity index (χ4n) is 2.08. The molecule has 0 atom stereocenters. The second-order valence-corrected chi connectivity index (χ2v) is 4.43. The first kappa shape index (κ1) is 13.3. The molecule has 0 bridgehead atoms. The molecular weight excluding hydrogens is 243 g/mol. The van der Waals surface area contributed by atoms with Gasteiger partial charge >= 0.3 is 7.12 Å². The van der Waals surface area contributed by atoms with Gasteiger partial charge in [0.1, 0.15) is 0 Å². The SMILES string of the molecule is OB(O)c1cc(F)c(F)c(N2CCC(O)CC2)c1. The number of aliphatic hydroxyl groups is 1. The maximum absolute atomic E-state index is 13.7. The van der Waals surface area contributed by atoms with Crippen molar-refractivity contribution in [3.05, 3.63) is 23.8 Å². The predicted molar refractivity (Wildman–Crippen MR) is 63.6 cm³/mol. The van der Waals surface area contributed by atoms with Gasteiger partial charge in [0.25, 0.3) is 0 Å². The largest absolute Gasteiger partial charge is 0.488 e. The van der Waals surface area contributed by atoms with Crippen molar-refractivity contribution in [2.45, 2.75) is 18.9 Å². The van der Waals surface area contributed by atoms with Crippen LogP contribution in [0, 0.1) is 11.6 Å². The average molecular weight is 257 g/mol. The van der Waals surface area contributed by atoms with Crippen LogP contribution in [0.2, 0.25) is 0 Å². The molecule has 4 nitrogen and oxygen atoms in total. The van der Waals surface area contributed by atoms with Crippen LogP contribution in [0.4, 0.5) is 14.5 Å². The van der Waals surface area contributed by atoms with E-state index in [1.807, 2.05) is 0 Å². The lowest BCUT2D eigenvalue weighted by atomic mass is 9.80. The molecule has 98 valence electrons. The van der Waals surface area contributed by atoms with Crippen LogP contribution in [0.3, 0.4) is 0 Å². The number of hydrogen-bond donors (Lipinski definition) is 3. The molecule has 1 aliphatic rings. The minimum atomic E-state index is -1.84. The number of halogens is 2. The van der Waals surface area contributed by atoms with E-state index in [4.69, 9.17) is 10.0 Å². The zero-order valence-electron chi connectivity index (χ0n) is 9.68. The first-order valence-corrected chi connectivity index (χ1v) is 5.77. The highest BCUT2D eigenvalue weighted by atomic mass is 19.2. The fraction of sp³-hybridized carbons (Fsp3) is 0.455. The van der Waals surface area contributed by atoms with Crippen molar-refractivity contribution in [1.29, 1.82) is 0 Å². The molecule has 18 heavy (non-hydrogen) atoms.